The number of rotatable bonds is 2. The molecule has 0 unspecified atom stereocenters. The Hall–Kier alpha value is -1.16. The van der Waals surface area contributed by atoms with Crippen LogP contribution in [-0.2, 0) is 0 Å². The molecular formula is C8H5BrO3. The number of carboxylic acid groups (broad SMARTS) is 1. The number of aromatic carboxylic acids is 1. The van der Waals surface area contributed by atoms with E-state index in [1.54, 1.807) is 12.1 Å². The summed E-state index contributed by atoms with van der Waals surface area (Å²) in [4.78, 5) is 21.0. The van der Waals surface area contributed by atoms with E-state index in [9.17, 15) is 9.59 Å². The fourth-order valence-electron chi connectivity index (χ4n) is 0.843. The Balaban J connectivity index is 3.37. The van der Waals surface area contributed by atoms with Crippen molar-refractivity contribution >= 4 is 28.2 Å². The van der Waals surface area contributed by atoms with Crippen molar-refractivity contribution in [2.24, 2.45) is 0 Å². The summed E-state index contributed by atoms with van der Waals surface area (Å²) < 4.78 is 0.498. The average Bonchev–Trinajstić information content (AvgIpc) is 2.03. The first-order chi connectivity index (χ1) is 5.66. The molecule has 0 saturated carbocycles. The number of hydrogen-bond donors (Lipinski definition) is 1. The number of aldehydes is 1. The van der Waals surface area contributed by atoms with Crippen molar-refractivity contribution in [3.8, 4) is 0 Å². The molecule has 1 rings (SSSR count). The summed E-state index contributed by atoms with van der Waals surface area (Å²) in [5.41, 5.74) is 0.185. The molecule has 0 bridgehead atoms. The van der Waals surface area contributed by atoms with Gasteiger partial charge in [-0.15, -0.1) is 0 Å². The Labute approximate surface area is 77.1 Å². The third kappa shape index (κ3) is 1.53. The molecule has 12 heavy (non-hydrogen) atoms. The summed E-state index contributed by atoms with van der Waals surface area (Å²) in [5.74, 6) is -1.10. The minimum absolute atomic E-state index is 0.0133. The van der Waals surface area contributed by atoms with Crippen LogP contribution in [0.1, 0.15) is 20.7 Å². The maximum absolute atomic E-state index is 10.6. The molecule has 1 aromatic rings. The van der Waals surface area contributed by atoms with E-state index < -0.39 is 5.97 Å². The van der Waals surface area contributed by atoms with E-state index in [0.29, 0.717) is 10.8 Å². The molecule has 0 heterocycles. The molecule has 0 atom stereocenters. The van der Waals surface area contributed by atoms with Gasteiger partial charge in [0.1, 0.15) is 0 Å². The normalized spacial score (nSPS) is 9.42. The molecular weight excluding hydrogens is 224 g/mol. The summed E-state index contributed by atoms with van der Waals surface area (Å²) >= 11 is 3.08. The lowest BCUT2D eigenvalue weighted by Crippen LogP contribution is -2.01. The van der Waals surface area contributed by atoms with Gasteiger partial charge in [0.05, 0.1) is 5.56 Å². The van der Waals surface area contributed by atoms with Gasteiger partial charge in [0, 0.05) is 10.0 Å². The van der Waals surface area contributed by atoms with E-state index in [4.69, 9.17) is 5.11 Å². The van der Waals surface area contributed by atoms with E-state index in [0.717, 1.165) is 0 Å². The van der Waals surface area contributed by atoms with Crippen LogP contribution in [0.3, 0.4) is 0 Å². The van der Waals surface area contributed by atoms with Crippen molar-refractivity contribution in [2.45, 2.75) is 0 Å². The van der Waals surface area contributed by atoms with E-state index in [1.807, 2.05) is 0 Å². The zero-order valence-corrected chi connectivity index (χ0v) is 7.54. The van der Waals surface area contributed by atoms with Crippen molar-refractivity contribution in [1.82, 2.24) is 0 Å². The van der Waals surface area contributed by atoms with E-state index in [2.05, 4.69) is 15.9 Å². The molecule has 0 saturated heterocycles. The predicted octanol–water partition coefficient (Wildman–Crippen LogP) is 1.96. The number of carbonyl (C=O) groups excluding carboxylic acids is 1. The van der Waals surface area contributed by atoms with Crippen molar-refractivity contribution in [3.05, 3.63) is 33.8 Å². The quantitative estimate of drug-likeness (QED) is 0.788. The summed E-state index contributed by atoms with van der Waals surface area (Å²) in [6.07, 6.45) is 0.521. The molecule has 62 valence electrons. The molecule has 1 N–H and O–H groups in total. The van der Waals surface area contributed by atoms with Gasteiger partial charge in [-0.1, -0.05) is 22.0 Å². The van der Waals surface area contributed by atoms with Crippen LogP contribution in [0.2, 0.25) is 0 Å². The monoisotopic (exact) mass is 228 g/mol. The first-order valence-electron chi connectivity index (χ1n) is 3.14. The molecule has 0 radical (unpaired) electrons. The molecule has 4 heteroatoms. The van der Waals surface area contributed by atoms with Crippen LogP contribution in [0.5, 0.6) is 0 Å². The highest BCUT2D eigenvalue weighted by Crippen LogP contribution is 2.18. The summed E-state index contributed by atoms with van der Waals surface area (Å²) in [7, 11) is 0. The van der Waals surface area contributed by atoms with Crippen LogP contribution in [0.4, 0.5) is 0 Å². The number of halogens is 1. The summed E-state index contributed by atoms with van der Waals surface area (Å²) in [6, 6.07) is 4.58. The predicted molar refractivity (Wildman–Crippen MR) is 46.5 cm³/mol. The highest BCUT2D eigenvalue weighted by Gasteiger charge is 2.10. The summed E-state index contributed by atoms with van der Waals surface area (Å²) in [6.45, 7) is 0. The molecule has 0 amide bonds. The molecule has 0 aromatic heterocycles. The Morgan fingerprint density at radius 2 is 2.17 bits per heavy atom. The molecule has 0 aliphatic heterocycles. The van der Waals surface area contributed by atoms with Gasteiger partial charge in [-0.3, -0.25) is 4.79 Å². The Morgan fingerprint density at radius 3 is 2.58 bits per heavy atom. The van der Waals surface area contributed by atoms with Gasteiger partial charge in [-0.25, -0.2) is 4.79 Å². The van der Waals surface area contributed by atoms with Gasteiger partial charge >= 0.3 is 5.97 Å². The second-order valence-corrected chi connectivity index (χ2v) is 2.98. The lowest BCUT2D eigenvalue weighted by Gasteiger charge is -1.99. The van der Waals surface area contributed by atoms with Gasteiger partial charge < -0.3 is 5.11 Å². The van der Waals surface area contributed by atoms with E-state index in [1.165, 1.54) is 6.07 Å². The Morgan fingerprint density at radius 1 is 1.50 bits per heavy atom. The number of hydrogen-bond acceptors (Lipinski definition) is 2. The molecule has 1 aromatic carbocycles. The van der Waals surface area contributed by atoms with Gasteiger partial charge in [0.15, 0.2) is 6.29 Å². The lowest BCUT2D eigenvalue weighted by molar-refractivity contribution is 0.0694. The van der Waals surface area contributed by atoms with Gasteiger partial charge in [-0.2, -0.15) is 0 Å². The largest absolute Gasteiger partial charge is 0.478 e. The van der Waals surface area contributed by atoms with Crippen molar-refractivity contribution in [2.75, 3.05) is 0 Å². The second kappa shape index (κ2) is 3.49. The van der Waals surface area contributed by atoms with Gasteiger partial charge in [-0.05, 0) is 12.1 Å². The van der Waals surface area contributed by atoms with Crippen LogP contribution in [0.15, 0.2) is 22.7 Å². The minimum atomic E-state index is -1.10. The molecule has 0 spiro atoms. The fourth-order valence-corrected chi connectivity index (χ4v) is 1.30. The highest BCUT2D eigenvalue weighted by molar-refractivity contribution is 9.10. The van der Waals surface area contributed by atoms with E-state index in [-0.39, 0.29) is 11.1 Å². The standard InChI is InChI=1S/C8H5BrO3/c9-7-3-1-2-5(8(11)12)6(7)4-10/h1-4H,(H,11,12). The summed E-state index contributed by atoms with van der Waals surface area (Å²) in [5, 5.41) is 8.64. The van der Waals surface area contributed by atoms with Crippen molar-refractivity contribution in [1.29, 1.82) is 0 Å². The first kappa shape index (κ1) is 8.93. The second-order valence-electron chi connectivity index (χ2n) is 2.12. The maximum Gasteiger partial charge on any atom is 0.336 e. The lowest BCUT2D eigenvalue weighted by atomic mass is 10.1. The zero-order chi connectivity index (χ0) is 9.14. The highest BCUT2D eigenvalue weighted by atomic mass is 79.9. The maximum atomic E-state index is 10.6. The Bertz CT molecular complexity index is 333. The Kier molecular flexibility index (Phi) is 2.60. The third-order valence-corrected chi connectivity index (χ3v) is 2.09. The van der Waals surface area contributed by atoms with Crippen LogP contribution in [0, 0.1) is 0 Å². The minimum Gasteiger partial charge on any atom is -0.478 e. The first-order valence-corrected chi connectivity index (χ1v) is 3.93. The number of carboxylic acids is 1. The molecule has 0 fully saturated rings. The van der Waals surface area contributed by atoms with Crippen LogP contribution >= 0.6 is 15.9 Å². The van der Waals surface area contributed by atoms with Crippen LogP contribution in [0.25, 0.3) is 0 Å². The molecule has 3 nitrogen and oxygen atoms in total. The molecule has 0 aliphatic rings. The van der Waals surface area contributed by atoms with Gasteiger partial charge in [0.25, 0.3) is 0 Å². The van der Waals surface area contributed by atoms with Gasteiger partial charge in [0.2, 0.25) is 0 Å². The SMILES string of the molecule is O=Cc1c(Br)cccc1C(=O)O. The zero-order valence-electron chi connectivity index (χ0n) is 5.95. The van der Waals surface area contributed by atoms with Crippen LogP contribution in [-0.4, -0.2) is 17.4 Å². The third-order valence-electron chi connectivity index (χ3n) is 1.40. The topological polar surface area (TPSA) is 54.4 Å². The average molecular weight is 229 g/mol. The van der Waals surface area contributed by atoms with E-state index >= 15 is 0 Å². The number of benzene rings is 1. The van der Waals surface area contributed by atoms with Crippen molar-refractivity contribution < 1.29 is 14.7 Å². The molecule has 0 aliphatic carbocycles. The fraction of sp³-hybridized carbons (Fsp3) is 0. The smallest absolute Gasteiger partial charge is 0.336 e. The van der Waals surface area contributed by atoms with Crippen LogP contribution < -0.4 is 0 Å². The number of carbonyl (C=O) groups is 2. The van der Waals surface area contributed by atoms with Crippen molar-refractivity contribution in [3.63, 3.8) is 0 Å².